The van der Waals surface area contributed by atoms with Crippen molar-refractivity contribution in [3.63, 3.8) is 0 Å². The van der Waals surface area contributed by atoms with E-state index >= 15 is 0 Å². The molecule has 1 N–H and O–H groups in total. The van der Waals surface area contributed by atoms with Crippen LogP contribution < -0.4 is 9.62 Å². The van der Waals surface area contributed by atoms with Gasteiger partial charge >= 0.3 is 0 Å². The lowest BCUT2D eigenvalue weighted by Gasteiger charge is -2.33. The normalized spacial score (nSPS) is 12.5. The number of hydrogen-bond donors (Lipinski definition) is 1. The average molecular weight is 578 g/mol. The highest BCUT2D eigenvalue weighted by Crippen LogP contribution is 2.28. The number of anilines is 1. The van der Waals surface area contributed by atoms with Crippen molar-refractivity contribution in [2.24, 2.45) is 0 Å². The van der Waals surface area contributed by atoms with E-state index in [-0.39, 0.29) is 27.7 Å². The minimum absolute atomic E-state index is 0.0590. The van der Waals surface area contributed by atoms with Gasteiger partial charge in [-0.05, 0) is 64.1 Å². The van der Waals surface area contributed by atoms with E-state index in [1.165, 1.54) is 55.5 Å². The highest BCUT2D eigenvalue weighted by atomic mass is 35.5. The molecule has 0 unspecified atom stereocenters. The number of rotatable bonds is 9. The van der Waals surface area contributed by atoms with Crippen molar-refractivity contribution < 1.29 is 26.8 Å². The zero-order chi connectivity index (χ0) is 29.0. The maximum atomic E-state index is 14.6. The quantitative estimate of drug-likeness (QED) is 0.381. The summed E-state index contributed by atoms with van der Waals surface area (Å²) < 4.78 is 56.6. The molecule has 1 atom stereocenters. The lowest BCUT2D eigenvalue weighted by atomic mass is 10.1. The van der Waals surface area contributed by atoms with Crippen LogP contribution in [0.3, 0.4) is 0 Å². The van der Waals surface area contributed by atoms with Gasteiger partial charge in [-0.1, -0.05) is 48.0 Å². The molecule has 3 aromatic rings. The zero-order valence-corrected chi connectivity index (χ0v) is 23.6. The highest BCUT2D eigenvalue weighted by Gasteiger charge is 2.33. The Hall–Kier alpha value is -3.50. The monoisotopic (exact) mass is 577 g/mol. The van der Waals surface area contributed by atoms with Crippen LogP contribution in [0.4, 0.5) is 14.5 Å². The zero-order valence-electron chi connectivity index (χ0n) is 22.0. The van der Waals surface area contributed by atoms with Crippen LogP contribution in [0.5, 0.6) is 0 Å². The van der Waals surface area contributed by atoms with E-state index in [0.29, 0.717) is 0 Å². The molecular weight excluding hydrogens is 548 g/mol. The fourth-order valence-corrected chi connectivity index (χ4v) is 5.36. The summed E-state index contributed by atoms with van der Waals surface area (Å²) in [6.45, 7) is 5.73. The van der Waals surface area contributed by atoms with Crippen LogP contribution in [-0.4, -0.2) is 43.3 Å². The molecule has 7 nitrogen and oxygen atoms in total. The van der Waals surface area contributed by atoms with Crippen molar-refractivity contribution in [3.05, 3.63) is 95.0 Å². The molecule has 11 heteroatoms. The van der Waals surface area contributed by atoms with E-state index in [1.54, 1.807) is 32.9 Å². The molecule has 0 aromatic heterocycles. The van der Waals surface area contributed by atoms with Gasteiger partial charge in [0.1, 0.15) is 24.2 Å². The topological polar surface area (TPSA) is 86.8 Å². The molecule has 0 heterocycles. The summed E-state index contributed by atoms with van der Waals surface area (Å²) in [5, 5.41) is 2.45. The van der Waals surface area contributed by atoms with Crippen molar-refractivity contribution in [2.45, 2.75) is 50.7 Å². The molecule has 0 aliphatic rings. The highest BCUT2D eigenvalue weighted by molar-refractivity contribution is 7.92. The first-order valence-corrected chi connectivity index (χ1v) is 13.9. The molecule has 3 aromatic carbocycles. The number of amides is 2. The fraction of sp³-hybridized carbons (Fsp3) is 0.286. The smallest absolute Gasteiger partial charge is 0.264 e. The van der Waals surface area contributed by atoms with Gasteiger partial charge in [0.2, 0.25) is 11.8 Å². The van der Waals surface area contributed by atoms with Crippen LogP contribution in [0.2, 0.25) is 5.02 Å². The minimum atomic E-state index is -4.34. The number of carbonyl (C=O) groups excluding carboxylic acids is 2. The summed E-state index contributed by atoms with van der Waals surface area (Å²) >= 11 is 5.94. The van der Waals surface area contributed by atoms with Gasteiger partial charge in [-0.2, -0.15) is 0 Å². The molecule has 2 amide bonds. The van der Waals surface area contributed by atoms with Crippen molar-refractivity contribution >= 4 is 39.1 Å². The Balaban J connectivity index is 2.06. The summed E-state index contributed by atoms with van der Waals surface area (Å²) in [6, 6.07) is 15.4. The fourth-order valence-electron chi connectivity index (χ4n) is 3.76. The lowest BCUT2D eigenvalue weighted by Crippen LogP contribution is -2.54. The Bertz CT molecular complexity index is 1450. The SMILES string of the molecule is C[C@H](C(=O)NC(C)(C)C)N(Cc1ccccc1F)C(=O)CN(c1ccc(F)c(Cl)c1)S(=O)(=O)c1ccccc1. The van der Waals surface area contributed by atoms with E-state index in [1.807, 2.05) is 0 Å². The molecule has 3 rings (SSSR count). The number of nitrogens with zero attached hydrogens (tertiary/aromatic N) is 2. The van der Waals surface area contributed by atoms with Crippen molar-refractivity contribution in [2.75, 3.05) is 10.8 Å². The van der Waals surface area contributed by atoms with Crippen LogP contribution in [0.1, 0.15) is 33.3 Å². The third-order valence-corrected chi connectivity index (χ3v) is 7.84. The Morgan fingerprint density at radius 1 is 0.949 bits per heavy atom. The maximum Gasteiger partial charge on any atom is 0.264 e. The van der Waals surface area contributed by atoms with Crippen LogP contribution in [0.25, 0.3) is 0 Å². The summed E-state index contributed by atoms with van der Waals surface area (Å²) in [6.07, 6.45) is 0. The van der Waals surface area contributed by atoms with E-state index in [4.69, 9.17) is 11.6 Å². The number of nitrogens with one attached hydrogen (secondary N) is 1. The molecule has 0 saturated heterocycles. The van der Waals surface area contributed by atoms with E-state index in [2.05, 4.69) is 5.32 Å². The molecular formula is C28H30ClF2N3O4S. The first-order valence-electron chi connectivity index (χ1n) is 12.1. The van der Waals surface area contributed by atoms with Crippen LogP contribution in [-0.2, 0) is 26.2 Å². The number of benzene rings is 3. The van der Waals surface area contributed by atoms with Gasteiger partial charge in [0.05, 0.1) is 15.6 Å². The number of carbonyl (C=O) groups is 2. The summed E-state index contributed by atoms with van der Waals surface area (Å²) in [5.41, 5.74) is -0.536. The molecule has 0 aliphatic carbocycles. The number of sulfonamides is 1. The average Bonchev–Trinajstić information content (AvgIpc) is 2.87. The first-order chi connectivity index (χ1) is 18.2. The molecule has 0 saturated carbocycles. The second kappa shape index (κ2) is 12.1. The molecule has 0 aliphatic heterocycles. The van der Waals surface area contributed by atoms with Gasteiger partial charge in [0.15, 0.2) is 0 Å². The Morgan fingerprint density at radius 3 is 2.15 bits per heavy atom. The molecule has 0 fully saturated rings. The first kappa shape index (κ1) is 30.0. The summed E-state index contributed by atoms with van der Waals surface area (Å²) in [5.74, 6) is -2.64. The van der Waals surface area contributed by atoms with E-state index < -0.39 is 51.6 Å². The lowest BCUT2D eigenvalue weighted by molar-refractivity contribution is -0.140. The van der Waals surface area contributed by atoms with Crippen LogP contribution >= 0.6 is 11.6 Å². The van der Waals surface area contributed by atoms with Crippen molar-refractivity contribution in [1.29, 1.82) is 0 Å². The molecule has 0 radical (unpaired) electrons. The molecule has 39 heavy (non-hydrogen) atoms. The van der Waals surface area contributed by atoms with Crippen LogP contribution in [0.15, 0.2) is 77.7 Å². The van der Waals surface area contributed by atoms with Crippen LogP contribution in [0, 0.1) is 11.6 Å². The third-order valence-electron chi connectivity index (χ3n) is 5.77. The summed E-state index contributed by atoms with van der Waals surface area (Å²) in [7, 11) is -4.34. The second-order valence-corrected chi connectivity index (χ2v) is 12.2. The van der Waals surface area contributed by atoms with Gasteiger partial charge in [-0.25, -0.2) is 17.2 Å². The number of halogens is 3. The maximum absolute atomic E-state index is 14.6. The van der Waals surface area contributed by atoms with Gasteiger partial charge in [0.25, 0.3) is 10.0 Å². The largest absolute Gasteiger partial charge is 0.350 e. The molecule has 0 bridgehead atoms. The predicted octanol–water partition coefficient (Wildman–Crippen LogP) is 5.15. The van der Waals surface area contributed by atoms with Gasteiger partial charge < -0.3 is 10.2 Å². The summed E-state index contributed by atoms with van der Waals surface area (Å²) in [4.78, 5) is 27.8. The van der Waals surface area contributed by atoms with E-state index in [0.717, 1.165) is 21.3 Å². The molecule has 208 valence electrons. The predicted molar refractivity (Wildman–Crippen MR) is 147 cm³/mol. The third kappa shape index (κ3) is 7.54. The Kier molecular flexibility index (Phi) is 9.34. The Labute approximate surface area is 232 Å². The second-order valence-electron chi connectivity index (χ2n) is 9.95. The van der Waals surface area contributed by atoms with Gasteiger partial charge in [0, 0.05) is 17.6 Å². The van der Waals surface area contributed by atoms with Crippen molar-refractivity contribution in [1.82, 2.24) is 10.2 Å². The minimum Gasteiger partial charge on any atom is -0.350 e. The van der Waals surface area contributed by atoms with Crippen molar-refractivity contribution in [3.8, 4) is 0 Å². The molecule has 0 spiro atoms. The Morgan fingerprint density at radius 2 is 1.56 bits per heavy atom. The van der Waals surface area contributed by atoms with Gasteiger partial charge in [-0.3, -0.25) is 13.9 Å². The number of hydrogen-bond acceptors (Lipinski definition) is 4. The van der Waals surface area contributed by atoms with E-state index in [9.17, 15) is 26.8 Å². The standard InChI is InChI=1S/C28H30ClF2N3O4S/c1-19(27(36)32-28(2,3)4)33(17-20-10-8-9-13-24(20)30)26(35)18-34(21-14-15-25(31)23(29)16-21)39(37,38)22-11-6-5-7-12-22/h5-16,19H,17-18H2,1-4H3,(H,32,36)/t19-/m1/s1. The van der Waals surface area contributed by atoms with Gasteiger partial charge in [-0.15, -0.1) is 0 Å².